The zero-order valence-corrected chi connectivity index (χ0v) is 12.2. The van der Waals surface area contributed by atoms with Gasteiger partial charge in [0, 0.05) is 17.3 Å². The van der Waals surface area contributed by atoms with E-state index in [1.54, 1.807) is 0 Å². The minimum Gasteiger partial charge on any atom is -0.493 e. The summed E-state index contributed by atoms with van der Waals surface area (Å²) in [5.74, 6) is 0.930. The van der Waals surface area contributed by atoms with Gasteiger partial charge < -0.3 is 19.3 Å². The third-order valence-electron chi connectivity index (χ3n) is 3.53. The minimum atomic E-state index is -0.567. The van der Waals surface area contributed by atoms with Crippen LogP contribution < -0.4 is 4.74 Å². The van der Waals surface area contributed by atoms with Gasteiger partial charge in [-0.15, -0.1) is 0 Å². The van der Waals surface area contributed by atoms with Crippen LogP contribution in [0.4, 0.5) is 0 Å². The lowest BCUT2D eigenvalue weighted by molar-refractivity contribution is -0.131. The Hall–Kier alpha value is -0.620. The average molecular weight is 329 g/mol. The van der Waals surface area contributed by atoms with Crippen LogP contribution in [0.5, 0.6) is 5.75 Å². The lowest BCUT2D eigenvalue weighted by atomic mass is 10.0. The SMILES string of the molecule is OC(Cc1cc(Br)cc2c1OCC2)C1COCCO1. The molecule has 1 N–H and O–H groups in total. The van der Waals surface area contributed by atoms with Gasteiger partial charge in [0.15, 0.2) is 0 Å². The quantitative estimate of drug-likeness (QED) is 0.917. The molecular formula is C14H17BrO4. The zero-order valence-electron chi connectivity index (χ0n) is 10.6. The van der Waals surface area contributed by atoms with Crippen molar-refractivity contribution in [1.29, 1.82) is 0 Å². The van der Waals surface area contributed by atoms with Gasteiger partial charge in [-0.3, -0.25) is 0 Å². The second-order valence-corrected chi connectivity index (χ2v) is 5.82. The van der Waals surface area contributed by atoms with Crippen molar-refractivity contribution in [3.63, 3.8) is 0 Å². The summed E-state index contributed by atoms with van der Waals surface area (Å²) < 4.78 is 17.6. The fourth-order valence-corrected chi connectivity index (χ4v) is 3.14. The molecule has 0 amide bonds. The Kier molecular flexibility index (Phi) is 4.07. The predicted octanol–water partition coefficient (Wildman–Crippen LogP) is 1.70. The molecule has 2 aliphatic rings. The first-order valence-corrected chi connectivity index (χ1v) is 7.35. The normalized spacial score (nSPS) is 23.8. The summed E-state index contributed by atoms with van der Waals surface area (Å²) in [6, 6.07) is 4.09. The third kappa shape index (κ3) is 2.94. The average Bonchev–Trinajstić information content (AvgIpc) is 2.88. The van der Waals surface area contributed by atoms with E-state index in [0.29, 0.717) is 26.2 Å². The molecule has 4 nitrogen and oxygen atoms in total. The fourth-order valence-electron chi connectivity index (χ4n) is 2.58. The fraction of sp³-hybridized carbons (Fsp3) is 0.571. The van der Waals surface area contributed by atoms with Gasteiger partial charge in [-0.25, -0.2) is 0 Å². The van der Waals surface area contributed by atoms with Crippen molar-refractivity contribution in [2.45, 2.75) is 25.0 Å². The molecule has 0 aromatic heterocycles. The number of hydrogen-bond acceptors (Lipinski definition) is 4. The zero-order chi connectivity index (χ0) is 13.2. The van der Waals surface area contributed by atoms with Crippen molar-refractivity contribution in [1.82, 2.24) is 0 Å². The van der Waals surface area contributed by atoms with Crippen LogP contribution in [0, 0.1) is 0 Å². The second-order valence-electron chi connectivity index (χ2n) is 4.91. The molecule has 1 aromatic rings. The number of aliphatic hydroxyl groups is 1. The van der Waals surface area contributed by atoms with E-state index in [1.165, 1.54) is 5.56 Å². The van der Waals surface area contributed by atoms with E-state index >= 15 is 0 Å². The first kappa shape index (κ1) is 13.4. The van der Waals surface area contributed by atoms with Crippen LogP contribution in [0.15, 0.2) is 16.6 Å². The van der Waals surface area contributed by atoms with Gasteiger partial charge in [0.05, 0.1) is 32.5 Å². The Morgan fingerprint density at radius 2 is 2.21 bits per heavy atom. The molecule has 104 valence electrons. The molecular weight excluding hydrogens is 312 g/mol. The second kappa shape index (κ2) is 5.79. The molecule has 3 rings (SSSR count). The van der Waals surface area contributed by atoms with Crippen LogP contribution in [0.2, 0.25) is 0 Å². The molecule has 5 heteroatoms. The van der Waals surface area contributed by atoms with Crippen molar-refractivity contribution in [3.05, 3.63) is 27.7 Å². The Balaban J connectivity index is 1.75. The number of ether oxygens (including phenoxy) is 3. The molecule has 1 fully saturated rings. The molecule has 19 heavy (non-hydrogen) atoms. The maximum Gasteiger partial charge on any atom is 0.125 e. The van der Waals surface area contributed by atoms with Gasteiger partial charge in [-0.05, 0) is 23.3 Å². The summed E-state index contributed by atoms with van der Waals surface area (Å²) in [5, 5.41) is 10.3. The van der Waals surface area contributed by atoms with Gasteiger partial charge in [-0.1, -0.05) is 15.9 Å². The molecule has 0 aliphatic carbocycles. The minimum absolute atomic E-state index is 0.246. The first-order valence-electron chi connectivity index (χ1n) is 6.55. The molecule has 2 unspecified atom stereocenters. The third-order valence-corrected chi connectivity index (χ3v) is 3.98. The van der Waals surface area contributed by atoms with Crippen molar-refractivity contribution in [3.8, 4) is 5.75 Å². The molecule has 2 heterocycles. The molecule has 1 saturated heterocycles. The van der Waals surface area contributed by atoms with Crippen LogP contribution in [0.1, 0.15) is 11.1 Å². The number of fused-ring (bicyclic) bond motifs is 1. The van der Waals surface area contributed by atoms with E-state index in [0.717, 1.165) is 28.8 Å². The molecule has 0 radical (unpaired) electrons. The van der Waals surface area contributed by atoms with Crippen molar-refractivity contribution in [2.75, 3.05) is 26.4 Å². The lowest BCUT2D eigenvalue weighted by Gasteiger charge is -2.27. The summed E-state index contributed by atoms with van der Waals surface area (Å²) in [4.78, 5) is 0. The first-order chi connectivity index (χ1) is 9.24. The van der Waals surface area contributed by atoms with Gasteiger partial charge >= 0.3 is 0 Å². The molecule has 0 saturated carbocycles. The highest BCUT2D eigenvalue weighted by Crippen LogP contribution is 2.34. The Morgan fingerprint density at radius 1 is 1.32 bits per heavy atom. The van der Waals surface area contributed by atoms with E-state index < -0.39 is 6.10 Å². The smallest absolute Gasteiger partial charge is 0.125 e. The van der Waals surface area contributed by atoms with Gasteiger partial charge in [0.2, 0.25) is 0 Å². The van der Waals surface area contributed by atoms with E-state index in [9.17, 15) is 5.11 Å². The van der Waals surface area contributed by atoms with Gasteiger partial charge in [-0.2, -0.15) is 0 Å². The monoisotopic (exact) mass is 328 g/mol. The van der Waals surface area contributed by atoms with Crippen molar-refractivity contribution >= 4 is 15.9 Å². The maximum absolute atomic E-state index is 10.3. The number of halogens is 1. The predicted molar refractivity (Wildman–Crippen MR) is 73.6 cm³/mol. The van der Waals surface area contributed by atoms with Crippen molar-refractivity contribution in [2.24, 2.45) is 0 Å². The van der Waals surface area contributed by atoms with Crippen LogP contribution in [0.3, 0.4) is 0 Å². The number of aliphatic hydroxyl groups excluding tert-OH is 1. The highest BCUT2D eigenvalue weighted by Gasteiger charge is 2.26. The Labute approximate surface area is 120 Å². The molecule has 2 atom stereocenters. The number of hydrogen-bond donors (Lipinski definition) is 1. The lowest BCUT2D eigenvalue weighted by Crippen LogP contribution is -2.39. The summed E-state index contributed by atoms with van der Waals surface area (Å²) in [6.45, 7) is 2.34. The van der Waals surface area contributed by atoms with Crippen LogP contribution in [-0.4, -0.2) is 43.7 Å². The summed E-state index contributed by atoms with van der Waals surface area (Å²) in [6.07, 6.45) is 0.643. The number of rotatable bonds is 3. The molecule has 2 aliphatic heterocycles. The standard InChI is InChI=1S/C14H17BrO4/c15-11-5-9-1-2-19-14(9)10(6-11)7-12(16)13-8-17-3-4-18-13/h5-6,12-13,16H,1-4,7-8H2. The van der Waals surface area contributed by atoms with E-state index in [4.69, 9.17) is 14.2 Å². The highest BCUT2D eigenvalue weighted by atomic mass is 79.9. The summed E-state index contributed by atoms with van der Waals surface area (Å²) >= 11 is 3.51. The van der Waals surface area contributed by atoms with E-state index in [2.05, 4.69) is 22.0 Å². The Morgan fingerprint density at radius 3 is 3.00 bits per heavy atom. The molecule has 0 bridgehead atoms. The van der Waals surface area contributed by atoms with Crippen LogP contribution >= 0.6 is 15.9 Å². The van der Waals surface area contributed by atoms with Crippen LogP contribution in [-0.2, 0) is 22.3 Å². The van der Waals surface area contributed by atoms with Crippen LogP contribution in [0.25, 0.3) is 0 Å². The summed E-state index contributed by atoms with van der Waals surface area (Å²) in [7, 11) is 0. The van der Waals surface area contributed by atoms with E-state index in [1.807, 2.05) is 6.07 Å². The largest absolute Gasteiger partial charge is 0.493 e. The topological polar surface area (TPSA) is 47.9 Å². The molecule has 0 spiro atoms. The van der Waals surface area contributed by atoms with E-state index in [-0.39, 0.29) is 6.10 Å². The Bertz CT molecular complexity index is 457. The number of benzene rings is 1. The van der Waals surface area contributed by atoms with Gasteiger partial charge in [0.1, 0.15) is 11.9 Å². The highest BCUT2D eigenvalue weighted by molar-refractivity contribution is 9.10. The summed E-state index contributed by atoms with van der Waals surface area (Å²) in [5.41, 5.74) is 2.24. The maximum atomic E-state index is 10.3. The van der Waals surface area contributed by atoms with Crippen molar-refractivity contribution < 1.29 is 19.3 Å². The molecule has 1 aromatic carbocycles. The van der Waals surface area contributed by atoms with Gasteiger partial charge in [0.25, 0.3) is 0 Å².